The van der Waals surface area contributed by atoms with Gasteiger partial charge in [0.2, 0.25) is 5.82 Å². The summed E-state index contributed by atoms with van der Waals surface area (Å²) in [4.78, 5) is 21.2. The zero-order valence-electron chi connectivity index (χ0n) is 11.6. The van der Waals surface area contributed by atoms with Crippen LogP contribution in [-0.4, -0.2) is 29.9 Å². The number of nitrogens with one attached hydrogen (secondary N) is 1. The van der Waals surface area contributed by atoms with Crippen molar-refractivity contribution in [3.8, 4) is 11.5 Å². The maximum atomic E-state index is 12.6. The second kappa shape index (κ2) is 5.34. The molecule has 3 rings (SSSR count). The largest absolute Gasteiger partial charge is 0.435 e. The third-order valence-corrected chi connectivity index (χ3v) is 3.00. The third-order valence-electron chi connectivity index (χ3n) is 3.00. The first-order chi connectivity index (χ1) is 10.8. The molecular weight excluding hydrogens is 317 g/mol. The molecule has 120 valence electrons. The van der Waals surface area contributed by atoms with Crippen molar-refractivity contribution in [2.24, 2.45) is 0 Å². The lowest BCUT2D eigenvalue weighted by Crippen LogP contribution is -2.11. The summed E-state index contributed by atoms with van der Waals surface area (Å²) in [6, 6.07) is 0.159. The molecule has 3 aromatic heterocycles. The molecule has 0 aromatic carbocycles. The molecule has 3 heterocycles. The normalized spacial score (nSPS) is 13.2. The average molecular weight is 326 g/mol. The molecule has 0 spiro atoms. The van der Waals surface area contributed by atoms with Gasteiger partial charge in [0.1, 0.15) is 11.7 Å². The van der Waals surface area contributed by atoms with Crippen LogP contribution in [0, 0.1) is 0 Å². The fraction of sp³-hybridized carbons (Fsp3) is 0.250. The summed E-state index contributed by atoms with van der Waals surface area (Å²) >= 11 is 0. The van der Waals surface area contributed by atoms with E-state index in [-0.39, 0.29) is 23.0 Å². The van der Waals surface area contributed by atoms with Gasteiger partial charge in [-0.05, 0) is 13.0 Å². The Morgan fingerprint density at radius 3 is 2.78 bits per heavy atom. The number of alkyl halides is 3. The van der Waals surface area contributed by atoms with Crippen LogP contribution >= 0.6 is 0 Å². The second-order valence-electron chi connectivity index (χ2n) is 4.61. The van der Waals surface area contributed by atoms with Crippen molar-refractivity contribution in [3.63, 3.8) is 0 Å². The van der Waals surface area contributed by atoms with E-state index >= 15 is 0 Å². The molecule has 0 aliphatic carbocycles. The number of hydrogen-bond donors (Lipinski definition) is 1. The highest BCUT2D eigenvalue weighted by Crippen LogP contribution is 2.28. The van der Waals surface area contributed by atoms with E-state index in [1.54, 1.807) is 6.92 Å². The maximum absolute atomic E-state index is 12.6. The van der Waals surface area contributed by atoms with Gasteiger partial charge in [0.15, 0.2) is 5.69 Å². The SMILES string of the molecule is CC(c1nc(-c2c[nH]c(=O)cn2)no1)n1ccc(C(F)(F)F)n1. The Morgan fingerprint density at radius 1 is 1.39 bits per heavy atom. The lowest BCUT2D eigenvalue weighted by molar-refractivity contribution is -0.141. The molecule has 1 N–H and O–H groups in total. The second-order valence-corrected chi connectivity index (χ2v) is 4.61. The lowest BCUT2D eigenvalue weighted by atomic mass is 10.3. The van der Waals surface area contributed by atoms with E-state index in [0.717, 1.165) is 16.9 Å². The molecule has 3 aromatic rings. The number of rotatable bonds is 3. The van der Waals surface area contributed by atoms with Crippen molar-refractivity contribution in [2.75, 3.05) is 0 Å². The van der Waals surface area contributed by atoms with Crippen molar-refractivity contribution in [3.05, 3.63) is 46.6 Å². The molecule has 0 aliphatic heterocycles. The Morgan fingerprint density at radius 2 is 2.17 bits per heavy atom. The zero-order valence-corrected chi connectivity index (χ0v) is 11.6. The molecule has 0 aliphatic rings. The number of aromatic nitrogens is 6. The van der Waals surface area contributed by atoms with Crippen LogP contribution in [0.3, 0.4) is 0 Å². The van der Waals surface area contributed by atoms with Crippen LogP contribution in [0.1, 0.15) is 24.6 Å². The van der Waals surface area contributed by atoms with E-state index < -0.39 is 17.9 Å². The fourth-order valence-electron chi connectivity index (χ4n) is 1.79. The van der Waals surface area contributed by atoms with E-state index in [0.29, 0.717) is 0 Å². The fourth-order valence-corrected chi connectivity index (χ4v) is 1.79. The number of nitrogens with zero attached hydrogens (tertiary/aromatic N) is 5. The summed E-state index contributed by atoms with van der Waals surface area (Å²) in [6.45, 7) is 1.56. The molecule has 0 amide bonds. The van der Waals surface area contributed by atoms with Crippen LogP contribution < -0.4 is 5.56 Å². The Kier molecular flexibility index (Phi) is 3.47. The smallest absolute Gasteiger partial charge is 0.337 e. The molecule has 0 radical (unpaired) electrons. The molecule has 0 saturated carbocycles. The van der Waals surface area contributed by atoms with Gasteiger partial charge in [0.25, 0.3) is 11.4 Å². The quantitative estimate of drug-likeness (QED) is 0.785. The highest BCUT2D eigenvalue weighted by molar-refractivity contribution is 5.45. The van der Waals surface area contributed by atoms with Crippen LogP contribution in [-0.2, 0) is 6.18 Å². The standard InChI is InChI=1S/C12H9F3N6O2/c1-6(21-3-2-8(19-21)12(13,14)15)11-18-10(20-23-11)7-4-17-9(22)5-16-7/h2-6H,1H3,(H,17,22). The Balaban J connectivity index is 1.86. The summed E-state index contributed by atoms with van der Waals surface area (Å²) in [5.74, 6) is 0.163. The predicted octanol–water partition coefficient (Wildman–Crippen LogP) is 1.64. The molecule has 0 fully saturated rings. The van der Waals surface area contributed by atoms with Gasteiger partial charge >= 0.3 is 6.18 Å². The highest BCUT2D eigenvalue weighted by Gasteiger charge is 2.34. The van der Waals surface area contributed by atoms with Gasteiger partial charge in [-0.25, -0.2) is 4.98 Å². The Hall–Kier alpha value is -2.98. The van der Waals surface area contributed by atoms with Gasteiger partial charge in [-0.3, -0.25) is 9.48 Å². The number of aromatic amines is 1. The number of halogens is 3. The number of H-pyrrole nitrogens is 1. The first-order valence-electron chi connectivity index (χ1n) is 6.35. The minimum Gasteiger partial charge on any atom is -0.337 e. The van der Waals surface area contributed by atoms with Gasteiger partial charge in [-0.1, -0.05) is 5.16 Å². The number of hydrogen-bond acceptors (Lipinski definition) is 6. The monoisotopic (exact) mass is 326 g/mol. The third kappa shape index (κ3) is 2.98. The van der Waals surface area contributed by atoms with E-state index in [1.165, 1.54) is 12.4 Å². The van der Waals surface area contributed by atoms with E-state index in [2.05, 4.69) is 25.2 Å². The summed E-state index contributed by atoms with van der Waals surface area (Å²) < 4.78 is 43.8. The summed E-state index contributed by atoms with van der Waals surface area (Å²) in [7, 11) is 0. The van der Waals surface area contributed by atoms with Gasteiger partial charge < -0.3 is 9.51 Å². The molecule has 23 heavy (non-hydrogen) atoms. The molecule has 8 nitrogen and oxygen atoms in total. The van der Waals surface area contributed by atoms with Gasteiger partial charge in [0.05, 0.1) is 6.20 Å². The van der Waals surface area contributed by atoms with Crippen molar-refractivity contribution in [1.82, 2.24) is 29.9 Å². The van der Waals surface area contributed by atoms with Gasteiger partial charge in [-0.15, -0.1) is 0 Å². The predicted molar refractivity (Wildman–Crippen MR) is 69.2 cm³/mol. The van der Waals surface area contributed by atoms with Crippen LogP contribution in [0.5, 0.6) is 0 Å². The average Bonchev–Trinajstić information content (AvgIpc) is 3.16. The molecule has 0 bridgehead atoms. The lowest BCUT2D eigenvalue weighted by Gasteiger charge is -2.07. The molecule has 1 unspecified atom stereocenters. The Labute approximate surface area is 126 Å². The molecule has 0 saturated heterocycles. The van der Waals surface area contributed by atoms with Crippen LogP contribution in [0.15, 0.2) is 34.0 Å². The Bertz CT molecular complexity index is 861. The maximum Gasteiger partial charge on any atom is 0.435 e. The van der Waals surface area contributed by atoms with Gasteiger partial charge in [-0.2, -0.15) is 23.3 Å². The molecule has 11 heteroatoms. The summed E-state index contributed by atoms with van der Waals surface area (Å²) in [5.41, 5.74) is -1.13. The highest BCUT2D eigenvalue weighted by atomic mass is 19.4. The minimum atomic E-state index is -4.52. The topological polar surface area (TPSA) is 102 Å². The minimum absolute atomic E-state index is 0.0600. The van der Waals surface area contributed by atoms with Crippen molar-refractivity contribution < 1.29 is 17.7 Å². The van der Waals surface area contributed by atoms with Crippen LogP contribution in [0.25, 0.3) is 11.5 Å². The van der Waals surface area contributed by atoms with Crippen LogP contribution in [0.2, 0.25) is 0 Å². The molecular formula is C12H9F3N6O2. The first kappa shape index (κ1) is 14.9. The summed E-state index contributed by atoms with van der Waals surface area (Å²) in [6.07, 6.45) is -0.990. The van der Waals surface area contributed by atoms with Crippen LogP contribution in [0.4, 0.5) is 13.2 Å². The van der Waals surface area contributed by atoms with Crippen molar-refractivity contribution in [2.45, 2.75) is 19.1 Å². The van der Waals surface area contributed by atoms with Crippen molar-refractivity contribution >= 4 is 0 Å². The van der Waals surface area contributed by atoms with E-state index in [1.807, 2.05) is 0 Å². The zero-order chi connectivity index (χ0) is 16.6. The van der Waals surface area contributed by atoms with E-state index in [9.17, 15) is 18.0 Å². The van der Waals surface area contributed by atoms with Gasteiger partial charge in [0, 0.05) is 12.4 Å². The van der Waals surface area contributed by atoms with E-state index in [4.69, 9.17) is 4.52 Å². The first-order valence-corrected chi connectivity index (χ1v) is 6.35. The molecule has 1 atom stereocenters. The summed E-state index contributed by atoms with van der Waals surface area (Å²) in [5, 5.41) is 7.14. The van der Waals surface area contributed by atoms with Crippen molar-refractivity contribution in [1.29, 1.82) is 0 Å².